The van der Waals surface area contributed by atoms with Crippen molar-refractivity contribution in [2.45, 2.75) is 24.4 Å². The second kappa shape index (κ2) is 3.71. The van der Waals surface area contributed by atoms with Crippen molar-refractivity contribution in [2.75, 3.05) is 6.61 Å². The molecule has 16 heavy (non-hydrogen) atoms. The Morgan fingerprint density at radius 2 is 2.12 bits per heavy atom. The quantitative estimate of drug-likeness (QED) is 0.811. The molecule has 0 aromatic carbocycles. The highest BCUT2D eigenvalue weighted by molar-refractivity contribution is 5.38. The van der Waals surface area contributed by atoms with Crippen LogP contribution in [0.4, 0.5) is 13.2 Å². The van der Waals surface area contributed by atoms with Gasteiger partial charge >= 0.3 is 6.18 Å². The van der Waals surface area contributed by atoms with E-state index in [1.807, 2.05) is 0 Å². The summed E-state index contributed by atoms with van der Waals surface area (Å²) in [7, 11) is 0. The first-order valence-corrected chi connectivity index (χ1v) is 4.83. The third-order valence-electron chi connectivity index (χ3n) is 2.91. The SMILES string of the molecule is NOCC1(c2ccncc2C(F)(F)F)CC1. The molecule has 3 nitrogen and oxygen atoms in total. The predicted molar refractivity (Wildman–Crippen MR) is 50.3 cm³/mol. The van der Waals surface area contributed by atoms with Crippen LogP contribution >= 0.6 is 0 Å². The zero-order chi connectivity index (χ0) is 11.8. The van der Waals surface area contributed by atoms with Gasteiger partial charge in [-0.3, -0.25) is 4.98 Å². The summed E-state index contributed by atoms with van der Waals surface area (Å²) in [6.07, 6.45) is -0.838. The summed E-state index contributed by atoms with van der Waals surface area (Å²) in [6, 6.07) is 1.40. The molecule has 1 aromatic rings. The largest absolute Gasteiger partial charge is 0.418 e. The molecule has 2 rings (SSSR count). The molecule has 0 atom stereocenters. The molecule has 1 heterocycles. The summed E-state index contributed by atoms with van der Waals surface area (Å²) in [5.74, 6) is 4.95. The van der Waals surface area contributed by atoms with Gasteiger partial charge < -0.3 is 4.84 Å². The van der Waals surface area contributed by atoms with Crippen LogP contribution in [0.15, 0.2) is 18.5 Å². The smallest absolute Gasteiger partial charge is 0.304 e. The molecule has 2 N–H and O–H groups in total. The maximum atomic E-state index is 12.7. The Balaban J connectivity index is 2.41. The van der Waals surface area contributed by atoms with Crippen LogP contribution in [0.3, 0.4) is 0 Å². The number of pyridine rings is 1. The first-order chi connectivity index (χ1) is 7.49. The normalized spacial score (nSPS) is 18.5. The van der Waals surface area contributed by atoms with Crippen molar-refractivity contribution in [3.05, 3.63) is 29.6 Å². The van der Waals surface area contributed by atoms with Gasteiger partial charge in [0.25, 0.3) is 0 Å². The highest BCUT2D eigenvalue weighted by Crippen LogP contribution is 2.51. The number of hydrogen-bond donors (Lipinski definition) is 1. The molecule has 0 unspecified atom stereocenters. The van der Waals surface area contributed by atoms with E-state index < -0.39 is 17.2 Å². The third-order valence-corrected chi connectivity index (χ3v) is 2.91. The maximum absolute atomic E-state index is 12.7. The summed E-state index contributed by atoms with van der Waals surface area (Å²) in [5.41, 5.74) is -1.02. The van der Waals surface area contributed by atoms with E-state index in [0.29, 0.717) is 12.8 Å². The molecule has 0 bridgehead atoms. The molecule has 0 aliphatic heterocycles. The van der Waals surface area contributed by atoms with Crippen LogP contribution in [0, 0.1) is 0 Å². The van der Waals surface area contributed by atoms with Gasteiger partial charge in [0.05, 0.1) is 12.2 Å². The lowest BCUT2D eigenvalue weighted by Crippen LogP contribution is -2.22. The van der Waals surface area contributed by atoms with E-state index in [1.54, 1.807) is 0 Å². The highest BCUT2D eigenvalue weighted by atomic mass is 19.4. The first kappa shape index (κ1) is 11.3. The van der Waals surface area contributed by atoms with Crippen molar-refractivity contribution in [1.29, 1.82) is 0 Å². The fourth-order valence-electron chi connectivity index (χ4n) is 1.88. The molecule has 6 heteroatoms. The molecule has 1 saturated carbocycles. The molecule has 0 spiro atoms. The van der Waals surface area contributed by atoms with Crippen LogP contribution in [0.2, 0.25) is 0 Å². The Bertz CT molecular complexity index is 388. The number of halogens is 3. The van der Waals surface area contributed by atoms with Gasteiger partial charge in [0.15, 0.2) is 0 Å². The van der Waals surface area contributed by atoms with Crippen molar-refractivity contribution < 1.29 is 18.0 Å². The van der Waals surface area contributed by atoms with Gasteiger partial charge in [0, 0.05) is 17.8 Å². The molecule has 1 aliphatic carbocycles. The zero-order valence-electron chi connectivity index (χ0n) is 8.42. The number of nitrogens with two attached hydrogens (primary N) is 1. The summed E-state index contributed by atoms with van der Waals surface area (Å²) in [5, 5.41) is 0. The maximum Gasteiger partial charge on any atom is 0.418 e. The van der Waals surface area contributed by atoms with E-state index in [2.05, 4.69) is 9.82 Å². The van der Waals surface area contributed by atoms with E-state index in [9.17, 15) is 13.2 Å². The van der Waals surface area contributed by atoms with Crippen molar-refractivity contribution in [2.24, 2.45) is 5.90 Å². The summed E-state index contributed by atoms with van der Waals surface area (Å²) in [4.78, 5) is 8.02. The molecule has 0 saturated heterocycles. The van der Waals surface area contributed by atoms with E-state index in [1.165, 1.54) is 12.3 Å². The van der Waals surface area contributed by atoms with Crippen molar-refractivity contribution >= 4 is 0 Å². The zero-order valence-corrected chi connectivity index (χ0v) is 8.42. The monoisotopic (exact) mass is 232 g/mol. The third kappa shape index (κ3) is 1.90. The average molecular weight is 232 g/mol. The second-order valence-electron chi connectivity index (χ2n) is 4.01. The molecular weight excluding hydrogens is 221 g/mol. The van der Waals surface area contributed by atoms with E-state index in [0.717, 1.165) is 6.20 Å². The Morgan fingerprint density at radius 3 is 2.62 bits per heavy atom. The highest BCUT2D eigenvalue weighted by Gasteiger charge is 2.49. The van der Waals surface area contributed by atoms with Crippen LogP contribution in [-0.2, 0) is 16.4 Å². The lowest BCUT2D eigenvalue weighted by atomic mass is 9.93. The topological polar surface area (TPSA) is 48.1 Å². The molecule has 0 radical (unpaired) electrons. The van der Waals surface area contributed by atoms with Gasteiger partial charge in [-0.05, 0) is 24.5 Å². The van der Waals surface area contributed by atoms with Gasteiger partial charge in [-0.15, -0.1) is 0 Å². The fourth-order valence-corrected chi connectivity index (χ4v) is 1.88. The van der Waals surface area contributed by atoms with Crippen molar-refractivity contribution in [1.82, 2.24) is 4.98 Å². The van der Waals surface area contributed by atoms with E-state index in [-0.39, 0.29) is 12.2 Å². The van der Waals surface area contributed by atoms with Crippen LogP contribution < -0.4 is 5.90 Å². The number of rotatable bonds is 3. The molecule has 88 valence electrons. The summed E-state index contributed by atoms with van der Waals surface area (Å²) in [6.45, 7) is 0.111. The molecule has 1 fully saturated rings. The Hall–Kier alpha value is -1.14. The second-order valence-corrected chi connectivity index (χ2v) is 4.01. The van der Waals surface area contributed by atoms with E-state index >= 15 is 0 Å². The number of alkyl halides is 3. The lowest BCUT2D eigenvalue weighted by molar-refractivity contribution is -0.138. The van der Waals surface area contributed by atoms with E-state index in [4.69, 9.17) is 5.90 Å². The minimum absolute atomic E-state index is 0.111. The van der Waals surface area contributed by atoms with Gasteiger partial charge in [-0.2, -0.15) is 13.2 Å². The summed E-state index contributed by atoms with van der Waals surface area (Å²) >= 11 is 0. The van der Waals surface area contributed by atoms with Crippen LogP contribution in [0.25, 0.3) is 0 Å². The number of aromatic nitrogens is 1. The minimum Gasteiger partial charge on any atom is -0.304 e. The Morgan fingerprint density at radius 1 is 1.44 bits per heavy atom. The average Bonchev–Trinajstić information content (AvgIpc) is 2.98. The standard InChI is InChI=1S/C10H11F3N2O/c11-10(12,13)8-5-15-4-1-7(8)9(2-3-9)6-16-14/h1,4-5H,2-3,6,14H2. The number of nitrogens with zero attached hydrogens (tertiary/aromatic N) is 1. The van der Waals surface area contributed by atoms with Gasteiger partial charge in [0.2, 0.25) is 0 Å². The van der Waals surface area contributed by atoms with Gasteiger partial charge in [-0.25, -0.2) is 5.90 Å². The minimum atomic E-state index is -4.38. The Kier molecular flexibility index (Phi) is 2.63. The Labute approximate surface area is 90.4 Å². The van der Waals surface area contributed by atoms with Crippen LogP contribution in [0.5, 0.6) is 0 Å². The van der Waals surface area contributed by atoms with Crippen molar-refractivity contribution in [3.63, 3.8) is 0 Å². The first-order valence-electron chi connectivity index (χ1n) is 4.83. The van der Waals surface area contributed by atoms with Crippen molar-refractivity contribution in [3.8, 4) is 0 Å². The molecule has 1 aliphatic rings. The lowest BCUT2D eigenvalue weighted by Gasteiger charge is -2.19. The fraction of sp³-hybridized carbons (Fsp3) is 0.500. The molecular formula is C10H11F3N2O. The predicted octanol–water partition coefficient (Wildman–Crippen LogP) is 2.02. The van der Waals surface area contributed by atoms with Gasteiger partial charge in [-0.1, -0.05) is 0 Å². The molecule has 0 amide bonds. The van der Waals surface area contributed by atoms with Gasteiger partial charge in [0.1, 0.15) is 0 Å². The van der Waals surface area contributed by atoms with Crippen LogP contribution in [-0.4, -0.2) is 11.6 Å². The summed E-state index contributed by atoms with van der Waals surface area (Å²) < 4.78 is 38.2. The number of hydrogen-bond acceptors (Lipinski definition) is 3. The molecule has 1 aromatic heterocycles. The van der Waals surface area contributed by atoms with Crippen LogP contribution in [0.1, 0.15) is 24.0 Å².